The van der Waals surface area contributed by atoms with Crippen molar-refractivity contribution < 1.29 is 13.5 Å². The van der Waals surface area contributed by atoms with Crippen LogP contribution in [0.3, 0.4) is 0 Å². The molecule has 5 heteroatoms. The molecule has 0 spiro atoms. The Labute approximate surface area is 116 Å². The Kier molecular flexibility index (Phi) is 5.45. The second kappa shape index (κ2) is 7.10. The maximum absolute atomic E-state index is 12.5. The summed E-state index contributed by atoms with van der Waals surface area (Å²) >= 11 is 0.593. The van der Waals surface area contributed by atoms with Gasteiger partial charge in [0.1, 0.15) is 0 Å². The summed E-state index contributed by atoms with van der Waals surface area (Å²) in [5.74, 6) is -2.39. The van der Waals surface area contributed by atoms with Gasteiger partial charge in [0.15, 0.2) is 0 Å². The molecule has 0 heterocycles. The number of hydrogen-bond acceptors (Lipinski definition) is 3. The van der Waals surface area contributed by atoms with E-state index >= 15 is 0 Å². The lowest BCUT2D eigenvalue weighted by Crippen LogP contribution is -2.31. The van der Waals surface area contributed by atoms with Crippen molar-refractivity contribution in [1.82, 2.24) is 0 Å². The standard InChI is InChI=1S/C14H19F2NOS/c1-18-11-6-4-5-10(9-11)17-12-7-2-3-8-13(12)19-14(15)16/h2-3,7-8,10-11,14,17H,4-6,9H2,1H3. The predicted molar refractivity (Wildman–Crippen MR) is 75.0 cm³/mol. The molecular weight excluding hydrogens is 268 g/mol. The molecule has 0 bridgehead atoms. The van der Waals surface area contributed by atoms with Crippen molar-refractivity contribution in [2.75, 3.05) is 12.4 Å². The Hall–Kier alpha value is -0.810. The van der Waals surface area contributed by atoms with Crippen molar-refractivity contribution in [3.63, 3.8) is 0 Å². The van der Waals surface area contributed by atoms with Crippen LogP contribution in [0.15, 0.2) is 29.2 Å². The van der Waals surface area contributed by atoms with E-state index in [0.29, 0.717) is 22.7 Å². The van der Waals surface area contributed by atoms with E-state index in [4.69, 9.17) is 4.74 Å². The number of nitrogens with one attached hydrogen (secondary N) is 1. The lowest BCUT2D eigenvalue weighted by atomic mass is 9.92. The number of alkyl halides is 2. The van der Waals surface area contributed by atoms with E-state index < -0.39 is 5.76 Å². The maximum atomic E-state index is 12.5. The fourth-order valence-electron chi connectivity index (χ4n) is 2.49. The molecule has 0 saturated heterocycles. The Balaban J connectivity index is 2.01. The van der Waals surface area contributed by atoms with Crippen molar-refractivity contribution in [2.24, 2.45) is 0 Å². The second-order valence-corrected chi connectivity index (χ2v) is 5.77. The average molecular weight is 287 g/mol. The van der Waals surface area contributed by atoms with Gasteiger partial charge >= 0.3 is 0 Å². The van der Waals surface area contributed by atoms with Gasteiger partial charge in [0, 0.05) is 23.7 Å². The number of halogens is 2. The quantitative estimate of drug-likeness (QED) is 0.812. The van der Waals surface area contributed by atoms with Crippen LogP contribution >= 0.6 is 11.8 Å². The van der Waals surface area contributed by atoms with Crippen LogP contribution in [0, 0.1) is 0 Å². The van der Waals surface area contributed by atoms with Crippen LogP contribution in [0.2, 0.25) is 0 Å². The zero-order valence-corrected chi connectivity index (χ0v) is 11.8. The van der Waals surface area contributed by atoms with Gasteiger partial charge in [-0.15, -0.1) is 0 Å². The smallest absolute Gasteiger partial charge is 0.288 e. The molecule has 1 aliphatic rings. The Morgan fingerprint density at radius 1 is 1.32 bits per heavy atom. The van der Waals surface area contributed by atoms with Crippen LogP contribution < -0.4 is 5.32 Å². The number of hydrogen-bond donors (Lipinski definition) is 1. The first-order valence-electron chi connectivity index (χ1n) is 6.52. The minimum absolute atomic E-state index is 0.279. The highest BCUT2D eigenvalue weighted by atomic mass is 32.2. The van der Waals surface area contributed by atoms with Crippen LogP contribution in [0.5, 0.6) is 0 Å². The zero-order chi connectivity index (χ0) is 13.7. The van der Waals surface area contributed by atoms with Crippen molar-refractivity contribution in [2.45, 2.75) is 48.5 Å². The molecule has 2 nitrogen and oxygen atoms in total. The van der Waals surface area contributed by atoms with Gasteiger partial charge in [0.2, 0.25) is 0 Å². The molecule has 106 valence electrons. The van der Waals surface area contributed by atoms with Crippen molar-refractivity contribution >= 4 is 17.4 Å². The second-order valence-electron chi connectivity index (χ2n) is 4.74. The maximum Gasteiger partial charge on any atom is 0.288 e. The summed E-state index contributed by atoms with van der Waals surface area (Å²) in [5.41, 5.74) is 0.801. The highest BCUT2D eigenvalue weighted by molar-refractivity contribution is 7.99. The molecular formula is C14H19F2NOS. The molecule has 1 aromatic carbocycles. The van der Waals surface area contributed by atoms with E-state index in [-0.39, 0.29) is 6.10 Å². The third-order valence-electron chi connectivity index (χ3n) is 3.42. The molecule has 19 heavy (non-hydrogen) atoms. The molecule has 0 amide bonds. The molecule has 1 aromatic rings. The summed E-state index contributed by atoms with van der Waals surface area (Å²) in [6.07, 6.45) is 4.47. The van der Waals surface area contributed by atoms with Crippen LogP contribution in [0.4, 0.5) is 14.5 Å². The average Bonchev–Trinajstić information content (AvgIpc) is 2.41. The molecule has 0 aromatic heterocycles. The van der Waals surface area contributed by atoms with Gasteiger partial charge in [-0.05, 0) is 37.8 Å². The monoisotopic (exact) mass is 287 g/mol. The fourth-order valence-corrected chi connectivity index (χ4v) is 3.10. The van der Waals surface area contributed by atoms with Crippen molar-refractivity contribution in [3.8, 4) is 0 Å². The fraction of sp³-hybridized carbons (Fsp3) is 0.571. The Morgan fingerprint density at radius 3 is 2.84 bits per heavy atom. The number of anilines is 1. The first-order valence-corrected chi connectivity index (χ1v) is 7.40. The largest absolute Gasteiger partial charge is 0.381 e. The lowest BCUT2D eigenvalue weighted by Gasteiger charge is -2.30. The van der Waals surface area contributed by atoms with E-state index in [2.05, 4.69) is 5.32 Å². The minimum atomic E-state index is -2.39. The molecule has 2 atom stereocenters. The van der Waals surface area contributed by atoms with Gasteiger partial charge in [0.25, 0.3) is 5.76 Å². The molecule has 2 unspecified atom stereocenters. The first-order chi connectivity index (χ1) is 9.19. The van der Waals surface area contributed by atoms with E-state index in [1.807, 2.05) is 12.1 Å². The summed E-state index contributed by atoms with van der Waals surface area (Å²) < 4.78 is 30.4. The highest BCUT2D eigenvalue weighted by Gasteiger charge is 2.22. The molecule has 1 N–H and O–H groups in total. The van der Waals surface area contributed by atoms with E-state index in [0.717, 1.165) is 31.4 Å². The van der Waals surface area contributed by atoms with Gasteiger partial charge in [0.05, 0.1) is 6.10 Å². The minimum Gasteiger partial charge on any atom is -0.381 e. The third kappa shape index (κ3) is 4.35. The highest BCUT2D eigenvalue weighted by Crippen LogP contribution is 2.33. The van der Waals surface area contributed by atoms with Gasteiger partial charge in [-0.3, -0.25) is 0 Å². The predicted octanol–water partition coefficient (Wildman–Crippen LogP) is 4.37. The zero-order valence-electron chi connectivity index (χ0n) is 10.9. The number of methoxy groups -OCH3 is 1. The van der Waals surface area contributed by atoms with E-state index in [1.165, 1.54) is 0 Å². The number of para-hydroxylation sites is 1. The number of thioether (sulfide) groups is 1. The molecule has 1 saturated carbocycles. The SMILES string of the molecule is COC1CCCC(Nc2ccccc2SC(F)F)C1. The van der Waals surface area contributed by atoms with Gasteiger partial charge in [-0.1, -0.05) is 23.9 Å². The molecule has 0 aliphatic heterocycles. The third-order valence-corrected chi connectivity index (χ3v) is 4.21. The van der Waals surface area contributed by atoms with E-state index in [9.17, 15) is 8.78 Å². The van der Waals surface area contributed by atoms with Crippen LogP contribution in [0.25, 0.3) is 0 Å². The summed E-state index contributed by atoms with van der Waals surface area (Å²) in [6, 6.07) is 7.55. The summed E-state index contributed by atoms with van der Waals surface area (Å²) in [4.78, 5) is 0.608. The van der Waals surface area contributed by atoms with Gasteiger partial charge in [-0.2, -0.15) is 8.78 Å². The first kappa shape index (κ1) is 14.6. The van der Waals surface area contributed by atoms with Crippen molar-refractivity contribution in [3.05, 3.63) is 24.3 Å². The van der Waals surface area contributed by atoms with Crippen molar-refractivity contribution in [1.29, 1.82) is 0 Å². The normalized spacial score (nSPS) is 23.6. The number of benzene rings is 1. The topological polar surface area (TPSA) is 21.3 Å². The van der Waals surface area contributed by atoms with Crippen LogP contribution in [0.1, 0.15) is 25.7 Å². The van der Waals surface area contributed by atoms with Gasteiger partial charge < -0.3 is 10.1 Å². The van der Waals surface area contributed by atoms with Crippen LogP contribution in [-0.4, -0.2) is 25.0 Å². The molecule has 1 fully saturated rings. The Morgan fingerprint density at radius 2 is 2.11 bits per heavy atom. The summed E-state index contributed by atoms with van der Waals surface area (Å²) in [7, 11) is 1.73. The van der Waals surface area contributed by atoms with Crippen LogP contribution in [-0.2, 0) is 4.74 Å². The number of ether oxygens (including phenoxy) is 1. The number of rotatable bonds is 5. The molecule has 0 radical (unpaired) electrons. The Bertz CT molecular complexity index is 403. The molecule has 1 aliphatic carbocycles. The summed E-state index contributed by atoms with van der Waals surface area (Å²) in [6.45, 7) is 0. The lowest BCUT2D eigenvalue weighted by molar-refractivity contribution is 0.0669. The summed E-state index contributed by atoms with van der Waals surface area (Å²) in [5, 5.41) is 3.38. The van der Waals surface area contributed by atoms with E-state index in [1.54, 1.807) is 19.2 Å². The molecule has 2 rings (SSSR count). The van der Waals surface area contributed by atoms with Gasteiger partial charge in [-0.25, -0.2) is 0 Å².